The van der Waals surface area contributed by atoms with E-state index in [2.05, 4.69) is 33.6 Å². The predicted molar refractivity (Wildman–Crippen MR) is 109 cm³/mol. The Balaban J connectivity index is 1.93. The molecule has 11 heteroatoms. The molecule has 2 rings (SSSR count). The predicted octanol–water partition coefficient (Wildman–Crippen LogP) is -1.23. The number of hydrogen-bond acceptors (Lipinski definition) is 6. The molecule has 1 aromatic carbocycles. The molecule has 2 unspecified atom stereocenters. The van der Waals surface area contributed by atoms with Crippen LogP contribution in [0.15, 0.2) is 30.5 Å². The summed E-state index contributed by atoms with van der Waals surface area (Å²) in [6, 6.07) is 5.29. The van der Waals surface area contributed by atoms with Gasteiger partial charge in [0.15, 0.2) is 0 Å². The van der Waals surface area contributed by atoms with E-state index in [-0.39, 0.29) is 18.7 Å². The lowest BCUT2D eigenvalue weighted by molar-refractivity contribution is -0.141. The highest BCUT2D eigenvalue weighted by Crippen LogP contribution is 2.19. The van der Waals surface area contributed by atoms with E-state index in [0.29, 0.717) is 0 Å². The van der Waals surface area contributed by atoms with Crippen LogP contribution in [0, 0.1) is 0 Å². The number of rotatable bonds is 10. The van der Waals surface area contributed by atoms with Crippen molar-refractivity contribution in [2.24, 2.45) is 5.73 Å². The fourth-order valence-corrected chi connectivity index (χ4v) is 2.96. The summed E-state index contributed by atoms with van der Waals surface area (Å²) in [5, 5.41) is 17.4. The van der Waals surface area contributed by atoms with E-state index in [9.17, 15) is 24.3 Å². The maximum Gasteiger partial charge on any atom is 0.326 e. The van der Waals surface area contributed by atoms with Crippen molar-refractivity contribution >= 4 is 47.2 Å². The first-order chi connectivity index (χ1) is 13.8. The molecule has 0 aliphatic carbocycles. The number of para-hydroxylation sites is 1. The van der Waals surface area contributed by atoms with Gasteiger partial charge >= 0.3 is 5.97 Å². The first-order valence-electron chi connectivity index (χ1n) is 8.80. The number of carboxylic acids is 1. The Morgan fingerprint density at radius 1 is 1.10 bits per heavy atom. The molecule has 0 radical (unpaired) electrons. The molecule has 0 fully saturated rings. The number of carbonyl (C=O) groups excluding carboxylic acids is 3. The zero-order valence-electron chi connectivity index (χ0n) is 15.5. The molecule has 0 saturated heterocycles. The van der Waals surface area contributed by atoms with Crippen LogP contribution in [0.4, 0.5) is 0 Å². The third kappa shape index (κ3) is 6.22. The van der Waals surface area contributed by atoms with Crippen molar-refractivity contribution in [1.29, 1.82) is 0 Å². The van der Waals surface area contributed by atoms with E-state index in [1.54, 1.807) is 6.20 Å². The first-order valence-corrected chi connectivity index (χ1v) is 9.44. The smallest absolute Gasteiger partial charge is 0.326 e. The van der Waals surface area contributed by atoms with Crippen LogP contribution in [0.5, 0.6) is 0 Å². The maximum absolute atomic E-state index is 12.1. The van der Waals surface area contributed by atoms with Gasteiger partial charge in [0, 0.05) is 29.3 Å². The van der Waals surface area contributed by atoms with Gasteiger partial charge in [-0.25, -0.2) is 4.79 Å². The number of H-pyrrole nitrogens is 1. The molecule has 3 amide bonds. The molecule has 156 valence electrons. The van der Waals surface area contributed by atoms with Crippen LogP contribution in [-0.4, -0.2) is 64.7 Å². The van der Waals surface area contributed by atoms with Crippen LogP contribution in [0.1, 0.15) is 5.56 Å². The molecule has 10 nitrogen and oxygen atoms in total. The van der Waals surface area contributed by atoms with Gasteiger partial charge in [-0.3, -0.25) is 14.4 Å². The minimum absolute atomic E-state index is 0.0114. The summed E-state index contributed by atoms with van der Waals surface area (Å²) in [4.78, 5) is 50.1. The van der Waals surface area contributed by atoms with E-state index < -0.39 is 42.3 Å². The second-order valence-corrected chi connectivity index (χ2v) is 6.61. The van der Waals surface area contributed by atoms with Gasteiger partial charge in [0.05, 0.1) is 13.1 Å². The fourth-order valence-electron chi connectivity index (χ4n) is 2.70. The molecule has 0 aliphatic heterocycles. The standard InChI is InChI=1S/C18H23N5O5S/c19-6-15(24)23-14(9-29)17(26)21-8-16(25)22-13(18(27)28)5-10-7-20-12-4-2-1-3-11(10)12/h1-4,7,13-14,20,29H,5-6,8-9,19H2,(H,21,26)(H,22,25)(H,23,24)(H,27,28). The molecule has 0 aliphatic rings. The van der Waals surface area contributed by atoms with Crippen LogP contribution in [0.3, 0.4) is 0 Å². The lowest BCUT2D eigenvalue weighted by atomic mass is 10.0. The molecule has 1 heterocycles. The number of carboxylic acid groups (broad SMARTS) is 1. The lowest BCUT2D eigenvalue weighted by Gasteiger charge is -2.17. The van der Waals surface area contributed by atoms with Crippen molar-refractivity contribution in [3.63, 3.8) is 0 Å². The largest absolute Gasteiger partial charge is 0.480 e. The molecule has 29 heavy (non-hydrogen) atoms. The average Bonchev–Trinajstić information content (AvgIpc) is 3.12. The van der Waals surface area contributed by atoms with Gasteiger partial charge < -0.3 is 31.8 Å². The number of thiol groups is 1. The van der Waals surface area contributed by atoms with Crippen LogP contribution in [-0.2, 0) is 25.6 Å². The molecule has 0 bridgehead atoms. The topological polar surface area (TPSA) is 166 Å². The number of nitrogens with two attached hydrogens (primary N) is 1. The Bertz CT molecular complexity index is 900. The summed E-state index contributed by atoms with van der Waals surface area (Å²) in [5.41, 5.74) is 6.79. The van der Waals surface area contributed by atoms with Crippen molar-refractivity contribution in [3.8, 4) is 0 Å². The number of aromatic nitrogens is 1. The number of nitrogens with one attached hydrogen (secondary N) is 4. The molecular weight excluding hydrogens is 398 g/mol. The minimum Gasteiger partial charge on any atom is -0.480 e. The Kier molecular flexibility index (Phi) is 8.04. The lowest BCUT2D eigenvalue weighted by Crippen LogP contribution is -2.52. The van der Waals surface area contributed by atoms with E-state index >= 15 is 0 Å². The summed E-state index contributed by atoms with van der Waals surface area (Å²) in [7, 11) is 0. The molecule has 0 spiro atoms. The molecule has 2 aromatic rings. The number of fused-ring (bicyclic) bond motifs is 1. The van der Waals surface area contributed by atoms with Gasteiger partial charge in [-0.05, 0) is 11.6 Å². The SMILES string of the molecule is NCC(=O)NC(CS)C(=O)NCC(=O)NC(Cc1c[nH]c2ccccc12)C(=O)O. The minimum atomic E-state index is -1.20. The second kappa shape index (κ2) is 10.5. The Morgan fingerprint density at radius 2 is 1.79 bits per heavy atom. The monoisotopic (exact) mass is 421 g/mol. The molecule has 0 saturated carbocycles. The number of benzene rings is 1. The van der Waals surface area contributed by atoms with Crippen molar-refractivity contribution < 1.29 is 24.3 Å². The summed E-state index contributed by atoms with van der Waals surface area (Å²) in [6.45, 7) is -0.731. The average molecular weight is 421 g/mol. The maximum atomic E-state index is 12.1. The van der Waals surface area contributed by atoms with Crippen molar-refractivity contribution in [2.75, 3.05) is 18.8 Å². The summed E-state index contributed by atoms with van der Waals surface area (Å²) >= 11 is 3.98. The number of hydrogen-bond donors (Lipinski definition) is 7. The van der Waals surface area contributed by atoms with Gasteiger partial charge in [0.1, 0.15) is 12.1 Å². The van der Waals surface area contributed by atoms with Gasteiger partial charge in [-0.2, -0.15) is 12.6 Å². The highest BCUT2D eigenvalue weighted by molar-refractivity contribution is 7.80. The molecule has 2 atom stereocenters. The number of carbonyl (C=O) groups is 4. The number of amides is 3. The van der Waals surface area contributed by atoms with Crippen molar-refractivity contribution in [1.82, 2.24) is 20.9 Å². The van der Waals surface area contributed by atoms with Gasteiger partial charge in [-0.15, -0.1) is 0 Å². The number of aromatic amines is 1. The third-order valence-corrected chi connectivity index (χ3v) is 4.54. The molecular formula is C18H23N5O5S. The Morgan fingerprint density at radius 3 is 2.45 bits per heavy atom. The van der Waals surface area contributed by atoms with Gasteiger partial charge in [0.2, 0.25) is 17.7 Å². The molecule has 1 aromatic heterocycles. The van der Waals surface area contributed by atoms with E-state index in [0.717, 1.165) is 16.5 Å². The quantitative estimate of drug-likeness (QED) is 0.237. The van der Waals surface area contributed by atoms with Crippen LogP contribution in [0.2, 0.25) is 0 Å². The first kappa shape index (κ1) is 22.2. The zero-order valence-corrected chi connectivity index (χ0v) is 16.4. The van der Waals surface area contributed by atoms with E-state index in [1.807, 2.05) is 24.3 Å². The van der Waals surface area contributed by atoms with E-state index in [4.69, 9.17) is 5.73 Å². The Hall–Kier alpha value is -3.05. The fraction of sp³-hybridized carbons (Fsp3) is 0.333. The van der Waals surface area contributed by atoms with E-state index in [1.165, 1.54) is 0 Å². The highest BCUT2D eigenvalue weighted by atomic mass is 32.1. The Labute approximate surface area is 172 Å². The summed E-state index contributed by atoms with van der Waals surface area (Å²) < 4.78 is 0. The normalized spacial score (nSPS) is 12.8. The van der Waals surface area contributed by atoms with Gasteiger partial charge in [0.25, 0.3) is 0 Å². The second-order valence-electron chi connectivity index (χ2n) is 6.25. The van der Waals surface area contributed by atoms with Crippen molar-refractivity contribution in [3.05, 3.63) is 36.0 Å². The van der Waals surface area contributed by atoms with Crippen molar-refractivity contribution in [2.45, 2.75) is 18.5 Å². The highest BCUT2D eigenvalue weighted by Gasteiger charge is 2.23. The third-order valence-electron chi connectivity index (χ3n) is 4.18. The number of aliphatic carboxylic acids is 1. The van der Waals surface area contributed by atoms with Crippen LogP contribution < -0.4 is 21.7 Å². The van der Waals surface area contributed by atoms with Gasteiger partial charge in [-0.1, -0.05) is 18.2 Å². The summed E-state index contributed by atoms with van der Waals surface area (Å²) in [5.74, 6) is -3.02. The van der Waals surface area contributed by atoms with Crippen LogP contribution in [0.25, 0.3) is 10.9 Å². The summed E-state index contributed by atoms with van der Waals surface area (Å²) in [6.07, 6.45) is 1.77. The van der Waals surface area contributed by atoms with Crippen LogP contribution >= 0.6 is 12.6 Å². The molecule has 7 N–H and O–H groups in total. The zero-order chi connectivity index (χ0) is 21.4.